The average molecular weight is 320 g/mol. The minimum Gasteiger partial charge on any atom is -0.495 e. The maximum atomic E-state index is 11.9. The highest BCUT2D eigenvalue weighted by molar-refractivity contribution is 5.87. The van der Waals surface area contributed by atoms with Gasteiger partial charge in [0.15, 0.2) is 0 Å². The molecule has 5 nitrogen and oxygen atoms in total. The van der Waals surface area contributed by atoms with Crippen LogP contribution in [-0.2, 0) is 4.74 Å². The highest BCUT2D eigenvalue weighted by Crippen LogP contribution is 2.64. The number of carbonyl (C=O) groups excluding carboxylic acids is 1. The Morgan fingerprint density at radius 2 is 2.00 bits per heavy atom. The molecule has 0 radical (unpaired) electrons. The van der Waals surface area contributed by atoms with Gasteiger partial charge in [0, 0.05) is 0 Å². The normalized spacial score (nSPS) is 22.4. The third-order valence-electron chi connectivity index (χ3n) is 4.52. The number of ether oxygens (including phenoxy) is 2. The molecule has 23 heavy (non-hydrogen) atoms. The number of carbonyl (C=O) groups is 1. The lowest BCUT2D eigenvalue weighted by molar-refractivity contribution is 0.0635. The highest BCUT2D eigenvalue weighted by atomic mass is 16.6. The molecule has 1 aromatic rings. The second kappa shape index (κ2) is 6.04. The molecule has 128 valence electrons. The van der Waals surface area contributed by atoms with Crippen LogP contribution in [0.1, 0.15) is 46.1 Å². The lowest BCUT2D eigenvalue weighted by atomic mass is 10.0. The largest absolute Gasteiger partial charge is 0.495 e. The Morgan fingerprint density at radius 3 is 2.48 bits per heavy atom. The van der Waals surface area contributed by atoms with Gasteiger partial charge in [0.25, 0.3) is 0 Å². The molecule has 1 amide bonds. The molecule has 0 aromatic heterocycles. The summed E-state index contributed by atoms with van der Waals surface area (Å²) in [5.41, 5.74) is 7.32. The van der Waals surface area contributed by atoms with E-state index < -0.39 is 11.7 Å². The van der Waals surface area contributed by atoms with Gasteiger partial charge in [0.1, 0.15) is 11.4 Å². The fourth-order valence-electron chi connectivity index (χ4n) is 3.26. The summed E-state index contributed by atoms with van der Waals surface area (Å²) >= 11 is 0. The summed E-state index contributed by atoms with van der Waals surface area (Å²) < 4.78 is 10.7. The van der Waals surface area contributed by atoms with Crippen LogP contribution in [0.3, 0.4) is 0 Å². The molecule has 0 spiro atoms. The molecular formula is C18H28N2O3. The quantitative estimate of drug-likeness (QED) is 0.886. The maximum Gasteiger partial charge on any atom is 0.412 e. The van der Waals surface area contributed by atoms with Gasteiger partial charge in [-0.25, -0.2) is 4.79 Å². The first-order valence-electron chi connectivity index (χ1n) is 7.98. The standard InChI is InChI=1S/C18H28N2O3/c1-17(2,3)23-16(21)20-13-8-7-11(9-14(13)22-6)15-12(10-19)18(15,4)5/h7-9,12,15H,10,19H2,1-6H3,(H,20,21)/t12-,15-/m1/s1. The summed E-state index contributed by atoms with van der Waals surface area (Å²) in [6, 6.07) is 5.87. The Morgan fingerprint density at radius 1 is 1.35 bits per heavy atom. The van der Waals surface area contributed by atoms with Crippen LogP contribution in [0.4, 0.5) is 10.5 Å². The van der Waals surface area contributed by atoms with Gasteiger partial charge in [-0.2, -0.15) is 0 Å². The number of anilines is 1. The molecule has 0 unspecified atom stereocenters. The van der Waals surface area contributed by atoms with Crippen molar-refractivity contribution in [3.63, 3.8) is 0 Å². The van der Waals surface area contributed by atoms with Crippen molar-refractivity contribution >= 4 is 11.8 Å². The van der Waals surface area contributed by atoms with Gasteiger partial charge in [-0.15, -0.1) is 0 Å². The first-order valence-corrected chi connectivity index (χ1v) is 7.98. The van der Waals surface area contributed by atoms with Crippen molar-refractivity contribution in [3.05, 3.63) is 23.8 Å². The van der Waals surface area contributed by atoms with E-state index in [9.17, 15) is 4.79 Å². The smallest absolute Gasteiger partial charge is 0.412 e. The summed E-state index contributed by atoms with van der Waals surface area (Å²) in [6.45, 7) is 10.6. The number of amides is 1. The Labute approximate surface area is 138 Å². The minimum absolute atomic E-state index is 0.208. The summed E-state index contributed by atoms with van der Waals surface area (Å²) in [4.78, 5) is 11.9. The van der Waals surface area contributed by atoms with E-state index in [4.69, 9.17) is 15.2 Å². The molecule has 2 rings (SSSR count). The second-order valence-electron chi connectivity index (χ2n) is 7.73. The third-order valence-corrected chi connectivity index (χ3v) is 4.52. The van der Waals surface area contributed by atoms with Crippen molar-refractivity contribution in [3.8, 4) is 5.75 Å². The fourth-order valence-corrected chi connectivity index (χ4v) is 3.26. The Hall–Kier alpha value is -1.75. The molecule has 1 fully saturated rings. The molecule has 2 atom stereocenters. The van der Waals surface area contributed by atoms with Crippen molar-refractivity contribution in [2.45, 2.75) is 46.1 Å². The van der Waals surface area contributed by atoms with E-state index in [1.165, 1.54) is 5.56 Å². The van der Waals surface area contributed by atoms with Crippen molar-refractivity contribution in [1.82, 2.24) is 0 Å². The molecule has 0 heterocycles. The van der Waals surface area contributed by atoms with Crippen LogP contribution in [-0.4, -0.2) is 25.3 Å². The van der Waals surface area contributed by atoms with E-state index in [2.05, 4.69) is 19.2 Å². The monoisotopic (exact) mass is 320 g/mol. The Bertz CT molecular complexity index is 590. The van der Waals surface area contributed by atoms with Crippen LogP contribution in [0.5, 0.6) is 5.75 Å². The van der Waals surface area contributed by atoms with Gasteiger partial charge in [-0.05, 0) is 62.3 Å². The fraction of sp³-hybridized carbons (Fsp3) is 0.611. The van der Waals surface area contributed by atoms with Crippen LogP contribution in [0, 0.1) is 11.3 Å². The molecule has 1 aliphatic rings. The van der Waals surface area contributed by atoms with Crippen LogP contribution >= 0.6 is 0 Å². The summed E-state index contributed by atoms with van der Waals surface area (Å²) in [7, 11) is 1.60. The summed E-state index contributed by atoms with van der Waals surface area (Å²) in [5.74, 6) is 1.54. The zero-order chi connectivity index (χ0) is 17.4. The van der Waals surface area contributed by atoms with E-state index in [1.54, 1.807) is 7.11 Å². The molecule has 1 aromatic carbocycles. The van der Waals surface area contributed by atoms with Gasteiger partial charge in [0.05, 0.1) is 12.8 Å². The van der Waals surface area contributed by atoms with Gasteiger partial charge in [0.2, 0.25) is 0 Å². The zero-order valence-corrected chi connectivity index (χ0v) is 14.9. The minimum atomic E-state index is -0.538. The number of methoxy groups -OCH3 is 1. The van der Waals surface area contributed by atoms with Crippen molar-refractivity contribution in [1.29, 1.82) is 0 Å². The van der Waals surface area contributed by atoms with Crippen molar-refractivity contribution < 1.29 is 14.3 Å². The molecule has 1 saturated carbocycles. The topological polar surface area (TPSA) is 73.6 Å². The molecule has 0 bridgehead atoms. The number of hydrogen-bond donors (Lipinski definition) is 2. The number of hydrogen-bond acceptors (Lipinski definition) is 4. The highest BCUT2D eigenvalue weighted by Gasteiger charge is 2.57. The van der Waals surface area contributed by atoms with Gasteiger partial charge in [-0.1, -0.05) is 19.9 Å². The predicted octanol–water partition coefficient (Wildman–Crippen LogP) is 3.74. The van der Waals surface area contributed by atoms with Crippen LogP contribution in [0.25, 0.3) is 0 Å². The molecule has 5 heteroatoms. The first-order chi connectivity index (χ1) is 10.6. The van der Waals surface area contributed by atoms with Crippen molar-refractivity contribution in [2.75, 3.05) is 19.0 Å². The van der Waals surface area contributed by atoms with Crippen LogP contribution in [0.2, 0.25) is 0 Å². The number of rotatable bonds is 4. The van der Waals surface area contributed by atoms with Gasteiger partial charge >= 0.3 is 6.09 Å². The molecule has 1 aliphatic carbocycles. The van der Waals surface area contributed by atoms with Crippen molar-refractivity contribution in [2.24, 2.45) is 17.1 Å². The number of nitrogens with two attached hydrogens (primary N) is 1. The van der Waals surface area contributed by atoms with E-state index in [1.807, 2.05) is 39.0 Å². The molecule has 3 N–H and O–H groups in total. The first kappa shape index (κ1) is 17.6. The molecular weight excluding hydrogens is 292 g/mol. The van der Waals surface area contributed by atoms with E-state index in [-0.39, 0.29) is 5.41 Å². The van der Waals surface area contributed by atoms with E-state index in [0.717, 1.165) is 0 Å². The van der Waals surface area contributed by atoms with Gasteiger partial charge in [-0.3, -0.25) is 5.32 Å². The third kappa shape index (κ3) is 3.78. The van der Waals surface area contributed by atoms with Crippen LogP contribution < -0.4 is 15.8 Å². The lowest BCUT2D eigenvalue weighted by Crippen LogP contribution is -2.27. The predicted molar refractivity (Wildman–Crippen MR) is 91.9 cm³/mol. The SMILES string of the molecule is COc1cc([C@@H]2[C@@H](CN)C2(C)C)ccc1NC(=O)OC(C)(C)C. The van der Waals surface area contributed by atoms with E-state index >= 15 is 0 Å². The maximum absolute atomic E-state index is 11.9. The zero-order valence-electron chi connectivity index (χ0n) is 14.9. The van der Waals surface area contributed by atoms with Gasteiger partial charge < -0.3 is 15.2 Å². The number of nitrogens with one attached hydrogen (secondary N) is 1. The average Bonchev–Trinajstić information content (AvgIpc) is 2.98. The molecule has 0 aliphatic heterocycles. The lowest BCUT2D eigenvalue weighted by Gasteiger charge is -2.20. The summed E-state index contributed by atoms with van der Waals surface area (Å²) in [6.07, 6.45) is -0.491. The number of benzene rings is 1. The molecule has 0 saturated heterocycles. The Balaban J connectivity index is 2.16. The van der Waals surface area contributed by atoms with Crippen LogP contribution in [0.15, 0.2) is 18.2 Å². The van der Waals surface area contributed by atoms with E-state index in [0.29, 0.717) is 29.8 Å². The second-order valence-corrected chi connectivity index (χ2v) is 7.73. The summed E-state index contributed by atoms with van der Waals surface area (Å²) in [5, 5.41) is 2.74. The Kier molecular flexibility index (Phi) is 4.62.